The van der Waals surface area contributed by atoms with Crippen molar-refractivity contribution < 1.29 is 13.6 Å². The van der Waals surface area contributed by atoms with Crippen molar-refractivity contribution in [1.29, 1.82) is 0 Å². The van der Waals surface area contributed by atoms with E-state index in [2.05, 4.69) is 15.4 Å². The van der Waals surface area contributed by atoms with Gasteiger partial charge in [0, 0.05) is 12.3 Å². The first kappa shape index (κ1) is 16.8. The van der Waals surface area contributed by atoms with Gasteiger partial charge in [0.1, 0.15) is 18.0 Å². The van der Waals surface area contributed by atoms with Gasteiger partial charge >= 0.3 is 0 Å². The highest BCUT2D eigenvalue weighted by Crippen LogP contribution is 2.21. The molecule has 27 heavy (non-hydrogen) atoms. The lowest BCUT2D eigenvalue weighted by Crippen LogP contribution is -2.15. The van der Waals surface area contributed by atoms with Crippen LogP contribution in [0.1, 0.15) is 5.56 Å². The molecule has 0 aliphatic carbocycles. The third-order valence-electron chi connectivity index (χ3n) is 4.14. The predicted octanol–water partition coefficient (Wildman–Crippen LogP) is 3.86. The van der Waals surface area contributed by atoms with Crippen LogP contribution in [0.15, 0.2) is 67.1 Å². The van der Waals surface area contributed by atoms with Crippen LogP contribution in [-0.4, -0.2) is 20.5 Å². The minimum Gasteiger partial charge on any atom is -0.323 e. The lowest BCUT2D eigenvalue weighted by Gasteiger charge is -2.08. The smallest absolute Gasteiger partial charge is 0.228 e. The van der Waals surface area contributed by atoms with Crippen LogP contribution < -0.4 is 5.32 Å². The van der Waals surface area contributed by atoms with Crippen LogP contribution in [0, 0.1) is 11.6 Å². The van der Waals surface area contributed by atoms with Crippen LogP contribution in [0.4, 0.5) is 14.5 Å². The SMILES string of the molecule is O=C(Cc1ccc(-c2ccn3ncnc3c2)cc1)Nc1ccc(F)cc1F. The van der Waals surface area contributed by atoms with Crippen molar-refractivity contribution in [3.05, 3.63) is 84.3 Å². The van der Waals surface area contributed by atoms with Gasteiger partial charge in [-0.3, -0.25) is 4.79 Å². The van der Waals surface area contributed by atoms with Crippen LogP contribution in [0.2, 0.25) is 0 Å². The first-order valence-electron chi connectivity index (χ1n) is 8.22. The second kappa shape index (κ2) is 6.95. The minimum absolute atomic E-state index is 0.0420. The number of aromatic nitrogens is 3. The molecule has 0 fully saturated rings. The maximum atomic E-state index is 13.6. The Morgan fingerprint density at radius 1 is 1.00 bits per heavy atom. The number of fused-ring (bicyclic) bond motifs is 1. The Balaban J connectivity index is 1.46. The molecule has 134 valence electrons. The molecule has 0 spiro atoms. The van der Waals surface area contributed by atoms with Crippen molar-refractivity contribution >= 4 is 17.2 Å². The quantitative estimate of drug-likeness (QED) is 0.598. The summed E-state index contributed by atoms with van der Waals surface area (Å²) >= 11 is 0. The molecular weight excluding hydrogens is 350 g/mol. The number of benzene rings is 2. The van der Waals surface area contributed by atoms with Crippen LogP contribution in [0.3, 0.4) is 0 Å². The van der Waals surface area contributed by atoms with Gasteiger partial charge in [0.05, 0.1) is 12.1 Å². The number of rotatable bonds is 4. The molecule has 0 bridgehead atoms. The van der Waals surface area contributed by atoms with E-state index in [1.54, 1.807) is 4.52 Å². The molecule has 5 nitrogen and oxygen atoms in total. The minimum atomic E-state index is -0.803. The highest BCUT2D eigenvalue weighted by molar-refractivity contribution is 5.92. The van der Waals surface area contributed by atoms with Gasteiger partial charge in [-0.2, -0.15) is 5.10 Å². The van der Waals surface area contributed by atoms with E-state index in [1.807, 2.05) is 42.6 Å². The Kier molecular flexibility index (Phi) is 4.33. The Labute approximate surface area is 153 Å². The largest absolute Gasteiger partial charge is 0.323 e. The molecule has 1 amide bonds. The number of nitrogens with one attached hydrogen (secondary N) is 1. The first-order chi connectivity index (χ1) is 13.1. The van der Waals surface area contributed by atoms with Crippen molar-refractivity contribution in [2.75, 3.05) is 5.32 Å². The number of carbonyl (C=O) groups is 1. The van der Waals surface area contributed by atoms with Crippen molar-refractivity contribution in [3.63, 3.8) is 0 Å². The van der Waals surface area contributed by atoms with E-state index in [1.165, 1.54) is 12.4 Å². The van der Waals surface area contributed by atoms with Crippen LogP contribution in [-0.2, 0) is 11.2 Å². The third kappa shape index (κ3) is 3.67. The molecule has 0 unspecified atom stereocenters. The summed E-state index contributed by atoms with van der Waals surface area (Å²) < 4.78 is 28.2. The molecule has 7 heteroatoms. The second-order valence-corrected chi connectivity index (χ2v) is 6.02. The second-order valence-electron chi connectivity index (χ2n) is 6.02. The van der Waals surface area contributed by atoms with Crippen molar-refractivity contribution in [1.82, 2.24) is 14.6 Å². The van der Waals surface area contributed by atoms with Crippen LogP contribution >= 0.6 is 0 Å². The summed E-state index contributed by atoms with van der Waals surface area (Å²) in [6.07, 6.45) is 3.40. The fourth-order valence-corrected chi connectivity index (χ4v) is 2.78. The molecule has 2 heterocycles. The molecule has 1 N–H and O–H groups in total. The van der Waals surface area contributed by atoms with E-state index in [9.17, 15) is 13.6 Å². The molecule has 2 aromatic heterocycles. The Hall–Kier alpha value is -3.61. The highest BCUT2D eigenvalue weighted by Gasteiger charge is 2.09. The van der Waals surface area contributed by atoms with Gasteiger partial charge in [0.25, 0.3) is 0 Å². The average Bonchev–Trinajstić information content (AvgIpc) is 3.12. The maximum absolute atomic E-state index is 13.6. The summed E-state index contributed by atoms with van der Waals surface area (Å²) in [6.45, 7) is 0. The average molecular weight is 364 g/mol. The molecule has 0 radical (unpaired) electrons. The Morgan fingerprint density at radius 2 is 1.81 bits per heavy atom. The number of nitrogens with zero attached hydrogens (tertiary/aromatic N) is 3. The standard InChI is InChI=1S/C20H14F2N4O/c21-16-5-6-18(17(22)11-16)25-20(27)9-13-1-3-14(4-2-13)15-7-8-26-19(10-15)23-12-24-26/h1-8,10-12H,9H2,(H,25,27). The molecule has 2 aromatic carbocycles. The van der Waals surface area contributed by atoms with E-state index in [-0.39, 0.29) is 18.0 Å². The third-order valence-corrected chi connectivity index (χ3v) is 4.14. The van der Waals surface area contributed by atoms with E-state index in [0.717, 1.165) is 34.5 Å². The molecule has 0 aliphatic heterocycles. The maximum Gasteiger partial charge on any atom is 0.228 e. The number of carbonyl (C=O) groups excluding carboxylic acids is 1. The monoisotopic (exact) mass is 364 g/mol. The highest BCUT2D eigenvalue weighted by atomic mass is 19.1. The van der Waals surface area contributed by atoms with Gasteiger partial charge in [-0.25, -0.2) is 18.3 Å². The fraction of sp³-hybridized carbons (Fsp3) is 0.0500. The number of hydrogen-bond acceptors (Lipinski definition) is 3. The lowest BCUT2D eigenvalue weighted by atomic mass is 10.0. The molecule has 4 aromatic rings. The number of amides is 1. The van der Waals surface area contributed by atoms with Crippen LogP contribution in [0.5, 0.6) is 0 Å². The summed E-state index contributed by atoms with van der Waals surface area (Å²) in [5.74, 6) is -1.87. The number of pyridine rings is 1. The molecule has 0 saturated carbocycles. The number of halogens is 2. The zero-order chi connectivity index (χ0) is 18.8. The Morgan fingerprint density at radius 3 is 2.59 bits per heavy atom. The van der Waals surface area contributed by atoms with Crippen LogP contribution in [0.25, 0.3) is 16.8 Å². The summed E-state index contributed by atoms with van der Waals surface area (Å²) in [7, 11) is 0. The van der Waals surface area contributed by atoms with Gasteiger partial charge in [0.15, 0.2) is 5.65 Å². The van der Waals surface area contributed by atoms with Gasteiger partial charge in [-0.15, -0.1) is 0 Å². The van der Waals surface area contributed by atoms with E-state index >= 15 is 0 Å². The van der Waals surface area contributed by atoms with E-state index in [4.69, 9.17) is 0 Å². The summed E-state index contributed by atoms with van der Waals surface area (Å²) in [5.41, 5.74) is 3.45. The fourth-order valence-electron chi connectivity index (χ4n) is 2.78. The summed E-state index contributed by atoms with van der Waals surface area (Å²) in [4.78, 5) is 16.3. The molecule has 0 aliphatic rings. The van der Waals surface area contributed by atoms with Gasteiger partial charge < -0.3 is 5.32 Å². The zero-order valence-electron chi connectivity index (χ0n) is 14.1. The van der Waals surface area contributed by atoms with E-state index < -0.39 is 11.6 Å². The predicted molar refractivity (Wildman–Crippen MR) is 97.1 cm³/mol. The topological polar surface area (TPSA) is 59.3 Å². The van der Waals surface area contributed by atoms with Crippen molar-refractivity contribution in [2.45, 2.75) is 6.42 Å². The van der Waals surface area contributed by atoms with Crippen molar-refractivity contribution in [3.8, 4) is 11.1 Å². The lowest BCUT2D eigenvalue weighted by molar-refractivity contribution is -0.115. The summed E-state index contributed by atoms with van der Waals surface area (Å²) in [6, 6.07) is 14.4. The van der Waals surface area contributed by atoms with Gasteiger partial charge in [0.2, 0.25) is 5.91 Å². The van der Waals surface area contributed by atoms with Gasteiger partial charge in [-0.05, 0) is 41.0 Å². The number of anilines is 1. The molecule has 0 atom stereocenters. The van der Waals surface area contributed by atoms with E-state index in [0.29, 0.717) is 0 Å². The number of hydrogen-bond donors (Lipinski definition) is 1. The van der Waals surface area contributed by atoms with Gasteiger partial charge in [-0.1, -0.05) is 24.3 Å². The summed E-state index contributed by atoms with van der Waals surface area (Å²) in [5, 5.41) is 6.51. The van der Waals surface area contributed by atoms with Crippen molar-refractivity contribution in [2.24, 2.45) is 0 Å². The first-order valence-corrected chi connectivity index (χ1v) is 8.22. The molecular formula is C20H14F2N4O. The zero-order valence-corrected chi connectivity index (χ0v) is 14.1. The Bertz CT molecular complexity index is 1120. The molecule has 0 saturated heterocycles. The molecule has 4 rings (SSSR count). The normalized spacial score (nSPS) is 10.9.